The number of hydrogen-bond acceptors (Lipinski definition) is 2. The summed E-state index contributed by atoms with van der Waals surface area (Å²) in [4.78, 5) is 15.2. The highest BCUT2D eigenvalue weighted by Gasteiger charge is 2.58. The van der Waals surface area contributed by atoms with Crippen LogP contribution in [0.2, 0.25) is 0 Å². The second-order valence-electron chi connectivity index (χ2n) is 8.95. The van der Waals surface area contributed by atoms with Crippen molar-refractivity contribution in [3.63, 3.8) is 0 Å². The summed E-state index contributed by atoms with van der Waals surface area (Å²) in [6.45, 7) is 4.45. The van der Waals surface area contributed by atoms with Crippen LogP contribution in [0.1, 0.15) is 50.5 Å². The number of benzene rings is 1. The molecule has 1 aliphatic heterocycles. The molecule has 1 N–H and O–H groups in total. The van der Waals surface area contributed by atoms with Gasteiger partial charge < -0.3 is 10.2 Å². The first-order valence-electron chi connectivity index (χ1n) is 10.9. The highest BCUT2D eigenvalue weighted by Crippen LogP contribution is 2.59. The molecule has 1 heterocycles. The quantitative estimate of drug-likeness (QED) is 0.579. The molecule has 0 bridgehead atoms. The molecule has 3 aliphatic rings. The summed E-state index contributed by atoms with van der Waals surface area (Å²) in [6, 6.07) is 10.5. The largest absolute Gasteiger partial charge is 0.356 e. The Labute approximate surface area is 164 Å². The Morgan fingerprint density at radius 3 is 2.70 bits per heavy atom. The minimum Gasteiger partial charge on any atom is -0.356 e. The minimum atomic E-state index is 0.286. The average molecular weight is 367 g/mol. The number of piperidine rings is 1. The van der Waals surface area contributed by atoms with Crippen molar-refractivity contribution < 1.29 is 4.79 Å². The van der Waals surface area contributed by atoms with Crippen molar-refractivity contribution in [1.29, 1.82) is 0 Å². The standard InChI is InChI=1S/C24H34N2O/c27-23(25-15-7-12-20-8-3-1-4-9-20)22-18-24(22)13-16-26(17-14-24)19-21-10-5-2-6-11-21/h1-5,8-9,21-22H,6-7,10-19H2,(H,25,27)/t21-,22+/m0/s1. The van der Waals surface area contributed by atoms with Gasteiger partial charge in [0.1, 0.15) is 0 Å². The molecule has 4 rings (SSSR count). The predicted molar refractivity (Wildman–Crippen MR) is 110 cm³/mol. The van der Waals surface area contributed by atoms with Gasteiger partial charge in [-0.2, -0.15) is 0 Å². The SMILES string of the molecule is O=C(NCCCc1ccccc1)[C@H]1CC12CCN(C[C@H]1CC=CCC1)CC2. The fraction of sp³-hybridized carbons (Fsp3) is 0.625. The molecule has 0 aromatic heterocycles. The van der Waals surface area contributed by atoms with Crippen molar-refractivity contribution in [3.05, 3.63) is 48.0 Å². The lowest BCUT2D eigenvalue weighted by atomic mass is 9.88. The van der Waals surface area contributed by atoms with E-state index < -0.39 is 0 Å². The van der Waals surface area contributed by atoms with E-state index in [4.69, 9.17) is 0 Å². The minimum absolute atomic E-state index is 0.286. The predicted octanol–water partition coefficient (Wildman–Crippen LogP) is 4.19. The molecule has 0 radical (unpaired) electrons. The number of allylic oxidation sites excluding steroid dienone is 2. The number of amides is 1. The molecular formula is C24H34N2O. The maximum Gasteiger partial charge on any atom is 0.223 e. The molecule has 0 unspecified atom stereocenters. The first-order valence-corrected chi connectivity index (χ1v) is 10.9. The van der Waals surface area contributed by atoms with Crippen LogP contribution in [-0.4, -0.2) is 37.0 Å². The van der Waals surface area contributed by atoms with Crippen molar-refractivity contribution >= 4 is 5.91 Å². The molecule has 2 aliphatic carbocycles. The maximum atomic E-state index is 12.6. The van der Waals surface area contributed by atoms with Crippen LogP contribution in [0, 0.1) is 17.3 Å². The number of likely N-dealkylation sites (tertiary alicyclic amines) is 1. The van der Waals surface area contributed by atoms with Crippen molar-refractivity contribution in [3.8, 4) is 0 Å². The summed E-state index contributed by atoms with van der Waals surface area (Å²) in [7, 11) is 0. The lowest BCUT2D eigenvalue weighted by Crippen LogP contribution is -2.39. The molecule has 2 fully saturated rings. The number of carbonyl (C=O) groups excluding carboxylic acids is 1. The van der Waals surface area contributed by atoms with E-state index in [2.05, 4.69) is 52.7 Å². The molecule has 27 heavy (non-hydrogen) atoms. The Morgan fingerprint density at radius 2 is 1.96 bits per heavy atom. The van der Waals surface area contributed by atoms with Crippen LogP contribution in [0.5, 0.6) is 0 Å². The molecule has 1 spiro atoms. The van der Waals surface area contributed by atoms with Crippen LogP contribution >= 0.6 is 0 Å². The fourth-order valence-electron chi connectivity index (χ4n) is 5.11. The highest BCUT2D eigenvalue weighted by molar-refractivity contribution is 5.82. The van der Waals surface area contributed by atoms with Crippen molar-refractivity contribution in [2.45, 2.75) is 51.4 Å². The lowest BCUT2D eigenvalue weighted by molar-refractivity contribution is -0.123. The molecule has 3 heteroatoms. The van der Waals surface area contributed by atoms with E-state index in [0.717, 1.165) is 31.7 Å². The van der Waals surface area contributed by atoms with Gasteiger partial charge in [0, 0.05) is 19.0 Å². The van der Waals surface area contributed by atoms with E-state index in [1.165, 1.54) is 57.3 Å². The zero-order valence-corrected chi connectivity index (χ0v) is 16.5. The third kappa shape index (κ3) is 4.82. The van der Waals surface area contributed by atoms with E-state index in [1.807, 2.05) is 0 Å². The van der Waals surface area contributed by atoms with Gasteiger partial charge in [0.05, 0.1) is 0 Å². The Morgan fingerprint density at radius 1 is 1.15 bits per heavy atom. The van der Waals surface area contributed by atoms with E-state index in [1.54, 1.807) is 0 Å². The molecule has 1 saturated heterocycles. The number of carbonyl (C=O) groups is 1. The van der Waals surface area contributed by atoms with Gasteiger partial charge in [0.25, 0.3) is 0 Å². The Balaban J connectivity index is 1.14. The van der Waals surface area contributed by atoms with E-state index in [-0.39, 0.29) is 5.92 Å². The van der Waals surface area contributed by atoms with Crippen molar-refractivity contribution in [1.82, 2.24) is 10.2 Å². The Kier molecular flexibility index (Phi) is 5.97. The van der Waals surface area contributed by atoms with Crippen LogP contribution in [-0.2, 0) is 11.2 Å². The summed E-state index contributed by atoms with van der Waals surface area (Å²) < 4.78 is 0. The molecule has 1 amide bonds. The van der Waals surface area contributed by atoms with E-state index in [0.29, 0.717) is 11.3 Å². The van der Waals surface area contributed by atoms with E-state index >= 15 is 0 Å². The van der Waals surface area contributed by atoms with Crippen LogP contribution in [0.15, 0.2) is 42.5 Å². The van der Waals surface area contributed by atoms with Gasteiger partial charge in [-0.15, -0.1) is 0 Å². The highest BCUT2D eigenvalue weighted by atomic mass is 16.2. The van der Waals surface area contributed by atoms with Crippen LogP contribution in [0.4, 0.5) is 0 Å². The van der Waals surface area contributed by atoms with Crippen molar-refractivity contribution in [2.75, 3.05) is 26.2 Å². The third-order valence-electron chi connectivity index (χ3n) is 7.04. The summed E-state index contributed by atoms with van der Waals surface area (Å²) in [5, 5.41) is 3.20. The Bertz CT molecular complexity index is 646. The molecule has 1 aromatic carbocycles. The zero-order valence-electron chi connectivity index (χ0n) is 16.5. The zero-order chi connectivity index (χ0) is 18.5. The summed E-state index contributed by atoms with van der Waals surface area (Å²) >= 11 is 0. The number of nitrogens with zero attached hydrogens (tertiary/aromatic N) is 1. The maximum absolute atomic E-state index is 12.6. The molecule has 1 aromatic rings. The van der Waals surface area contributed by atoms with Gasteiger partial charge in [-0.3, -0.25) is 4.79 Å². The van der Waals surface area contributed by atoms with Gasteiger partial charge in [-0.05, 0) is 81.4 Å². The summed E-state index contributed by atoms with van der Waals surface area (Å²) in [5.74, 6) is 1.45. The molecule has 146 valence electrons. The Hall–Kier alpha value is -1.61. The first kappa shape index (κ1) is 18.7. The molecule has 3 nitrogen and oxygen atoms in total. The number of nitrogens with one attached hydrogen (secondary N) is 1. The smallest absolute Gasteiger partial charge is 0.223 e. The third-order valence-corrected chi connectivity index (χ3v) is 7.04. The van der Waals surface area contributed by atoms with Gasteiger partial charge in [-0.1, -0.05) is 42.5 Å². The van der Waals surface area contributed by atoms with Gasteiger partial charge in [0.2, 0.25) is 5.91 Å². The van der Waals surface area contributed by atoms with Crippen LogP contribution in [0.25, 0.3) is 0 Å². The normalized spacial score (nSPS) is 26.8. The lowest BCUT2D eigenvalue weighted by Gasteiger charge is -2.35. The van der Waals surface area contributed by atoms with Crippen LogP contribution in [0.3, 0.4) is 0 Å². The number of hydrogen-bond donors (Lipinski definition) is 1. The molecule has 1 saturated carbocycles. The molecule has 2 atom stereocenters. The topological polar surface area (TPSA) is 32.3 Å². The first-order chi connectivity index (χ1) is 13.3. The monoisotopic (exact) mass is 366 g/mol. The van der Waals surface area contributed by atoms with Gasteiger partial charge in [-0.25, -0.2) is 0 Å². The summed E-state index contributed by atoms with van der Waals surface area (Å²) in [5.41, 5.74) is 1.70. The van der Waals surface area contributed by atoms with E-state index in [9.17, 15) is 4.79 Å². The molecular weight excluding hydrogens is 332 g/mol. The second kappa shape index (κ2) is 8.60. The van der Waals surface area contributed by atoms with Crippen molar-refractivity contribution in [2.24, 2.45) is 17.3 Å². The average Bonchev–Trinajstić information content (AvgIpc) is 3.42. The summed E-state index contributed by atoms with van der Waals surface area (Å²) in [6.07, 6.45) is 14.2. The number of rotatable bonds is 7. The van der Waals surface area contributed by atoms with Gasteiger partial charge in [0.15, 0.2) is 0 Å². The van der Waals surface area contributed by atoms with Crippen LogP contribution < -0.4 is 5.32 Å². The second-order valence-corrected chi connectivity index (χ2v) is 8.95. The van der Waals surface area contributed by atoms with Gasteiger partial charge >= 0.3 is 0 Å². The fourth-order valence-corrected chi connectivity index (χ4v) is 5.11. The number of aryl methyl sites for hydroxylation is 1.